The Morgan fingerprint density at radius 1 is 1.00 bits per heavy atom. The normalized spacial score (nSPS) is 10.4. The minimum absolute atomic E-state index is 0.0636. The lowest BCUT2D eigenvalue weighted by Gasteiger charge is -2.07. The molecule has 0 N–H and O–H groups in total. The van der Waals surface area contributed by atoms with Crippen molar-refractivity contribution in [1.82, 2.24) is 4.57 Å². The molecule has 1 aromatic heterocycles. The average molecular weight is 227 g/mol. The summed E-state index contributed by atoms with van der Waals surface area (Å²) in [5, 5.41) is 0. The first kappa shape index (κ1) is 11.6. The van der Waals surface area contributed by atoms with Gasteiger partial charge in [-0.3, -0.25) is 4.79 Å². The van der Waals surface area contributed by atoms with Crippen molar-refractivity contribution in [3.63, 3.8) is 0 Å². The Morgan fingerprint density at radius 3 is 2.47 bits per heavy atom. The van der Waals surface area contributed by atoms with E-state index in [9.17, 15) is 4.79 Å². The number of hydrogen-bond acceptors (Lipinski definition) is 1. The minimum atomic E-state index is 0.0636. The molecule has 2 heteroatoms. The van der Waals surface area contributed by atoms with Crippen molar-refractivity contribution >= 4 is 0 Å². The number of rotatable bonds is 4. The summed E-state index contributed by atoms with van der Waals surface area (Å²) in [5.41, 5.74) is 2.44. The summed E-state index contributed by atoms with van der Waals surface area (Å²) in [6.45, 7) is 2.80. The van der Waals surface area contributed by atoms with Gasteiger partial charge in [-0.25, -0.2) is 0 Å². The Balaban J connectivity index is 2.26. The Kier molecular flexibility index (Phi) is 3.76. The Labute approximate surface area is 102 Å². The quantitative estimate of drug-likeness (QED) is 0.787. The van der Waals surface area contributed by atoms with E-state index in [-0.39, 0.29) is 5.56 Å². The molecule has 0 radical (unpaired) electrons. The number of aromatic nitrogens is 1. The van der Waals surface area contributed by atoms with E-state index in [1.54, 1.807) is 10.6 Å². The molecule has 2 nitrogen and oxygen atoms in total. The van der Waals surface area contributed by atoms with Gasteiger partial charge in [0.2, 0.25) is 0 Å². The maximum atomic E-state index is 11.7. The zero-order valence-corrected chi connectivity index (χ0v) is 10.1. The summed E-state index contributed by atoms with van der Waals surface area (Å²) in [6.07, 6.45) is 4.09. The molecule has 0 fully saturated rings. The van der Waals surface area contributed by atoms with Crippen LogP contribution in [0.3, 0.4) is 0 Å². The maximum Gasteiger partial charge on any atom is 0.250 e. The molecule has 2 aromatic rings. The van der Waals surface area contributed by atoms with Gasteiger partial charge in [0, 0.05) is 12.3 Å². The largest absolute Gasteiger partial charge is 0.311 e. The third-order valence-corrected chi connectivity index (χ3v) is 2.78. The van der Waals surface area contributed by atoms with E-state index in [0.29, 0.717) is 6.54 Å². The predicted molar refractivity (Wildman–Crippen MR) is 70.2 cm³/mol. The Hall–Kier alpha value is -1.83. The highest BCUT2D eigenvalue weighted by molar-refractivity contribution is 5.17. The second kappa shape index (κ2) is 5.48. The molecule has 17 heavy (non-hydrogen) atoms. The van der Waals surface area contributed by atoms with Crippen LogP contribution in [0.4, 0.5) is 0 Å². The molecule has 0 atom stereocenters. The lowest BCUT2D eigenvalue weighted by atomic mass is 10.1. The predicted octanol–water partition coefficient (Wildman–Crippen LogP) is 2.85. The van der Waals surface area contributed by atoms with E-state index in [1.807, 2.05) is 42.6 Å². The monoisotopic (exact) mass is 227 g/mol. The number of aryl methyl sites for hydroxylation is 1. The van der Waals surface area contributed by atoms with Crippen LogP contribution in [0.5, 0.6) is 0 Å². The molecule has 0 amide bonds. The average Bonchev–Trinajstić information content (AvgIpc) is 2.35. The standard InChI is InChI=1S/C15H17NO/c1-2-6-13-9-10-15(17)16(11-13)12-14-7-4-3-5-8-14/h3-5,7-11H,2,6,12H2,1H3. The third-order valence-electron chi connectivity index (χ3n) is 2.78. The fourth-order valence-corrected chi connectivity index (χ4v) is 1.92. The van der Waals surface area contributed by atoms with E-state index < -0.39 is 0 Å². The third kappa shape index (κ3) is 3.06. The van der Waals surface area contributed by atoms with Crippen molar-refractivity contribution in [2.24, 2.45) is 0 Å². The zero-order chi connectivity index (χ0) is 12.1. The fourth-order valence-electron chi connectivity index (χ4n) is 1.92. The van der Waals surface area contributed by atoms with Gasteiger partial charge in [0.1, 0.15) is 0 Å². The van der Waals surface area contributed by atoms with Crippen molar-refractivity contribution in [1.29, 1.82) is 0 Å². The van der Waals surface area contributed by atoms with Crippen LogP contribution in [0, 0.1) is 0 Å². The molecule has 0 saturated heterocycles. The smallest absolute Gasteiger partial charge is 0.250 e. The lowest BCUT2D eigenvalue weighted by molar-refractivity contribution is 0.743. The van der Waals surface area contributed by atoms with E-state index in [1.165, 1.54) is 5.56 Å². The molecule has 1 aromatic carbocycles. The van der Waals surface area contributed by atoms with Gasteiger partial charge in [-0.2, -0.15) is 0 Å². The highest BCUT2D eigenvalue weighted by Gasteiger charge is 1.99. The van der Waals surface area contributed by atoms with E-state index in [2.05, 4.69) is 6.92 Å². The maximum absolute atomic E-state index is 11.7. The SMILES string of the molecule is CCCc1ccc(=O)n(Cc2ccccc2)c1. The highest BCUT2D eigenvalue weighted by Crippen LogP contribution is 2.04. The minimum Gasteiger partial charge on any atom is -0.311 e. The molecule has 0 bridgehead atoms. The number of nitrogens with zero attached hydrogens (tertiary/aromatic N) is 1. The number of hydrogen-bond donors (Lipinski definition) is 0. The van der Waals surface area contributed by atoms with Crippen LogP contribution in [0.1, 0.15) is 24.5 Å². The van der Waals surface area contributed by atoms with Gasteiger partial charge in [-0.15, -0.1) is 0 Å². The van der Waals surface area contributed by atoms with Crippen LogP contribution in [0.15, 0.2) is 53.5 Å². The first-order chi connectivity index (χ1) is 8.29. The molecular weight excluding hydrogens is 210 g/mol. The summed E-state index contributed by atoms with van der Waals surface area (Å²) >= 11 is 0. The first-order valence-corrected chi connectivity index (χ1v) is 6.03. The Morgan fingerprint density at radius 2 is 1.76 bits per heavy atom. The van der Waals surface area contributed by atoms with Crippen LogP contribution in [0.2, 0.25) is 0 Å². The van der Waals surface area contributed by atoms with Crippen molar-refractivity contribution in [2.75, 3.05) is 0 Å². The molecule has 2 rings (SSSR count). The fraction of sp³-hybridized carbons (Fsp3) is 0.267. The number of pyridine rings is 1. The topological polar surface area (TPSA) is 22.0 Å². The molecule has 0 aliphatic rings. The van der Waals surface area contributed by atoms with Crippen molar-refractivity contribution in [2.45, 2.75) is 26.3 Å². The molecule has 1 heterocycles. The van der Waals surface area contributed by atoms with Gasteiger partial charge in [0.05, 0.1) is 6.54 Å². The van der Waals surface area contributed by atoms with Crippen LogP contribution in [-0.4, -0.2) is 4.57 Å². The zero-order valence-electron chi connectivity index (χ0n) is 10.1. The van der Waals surface area contributed by atoms with E-state index in [0.717, 1.165) is 18.4 Å². The molecule has 88 valence electrons. The summed E-state index contributed by atoms with van der Waals surface area (Å²) in [7, 11) is 0. The van der Waals surface area contributed by atoms with Gasteiger partial charge >= 0.3 is 0 Å². The Bertz CT molecular complexity index is 528. The van der Waals surface area contributed by atoms with Gasteiger partial charge < -0.3 is 4.57 Å². The van der Waals surface area contributed by atoms with Crippen LogP contribution in [-0.2, 0) is 13.0 Å². The first-order valence-electron chi connectivity index (χ1n) is 6.03. The lowest BCUT2D eigenvalue weighted by Crippen LogP contribution is -2.19. The van der Waals surface area contributed by atoms with Crippen LogP contribution in [0.25, 0.3) is 0 Å². The van der Waals surface area contributed by atoms with Crippen LogP contribution < -0.4 is 5.56 Å². The summed E-state index contributed by atoms with van der Waals surface area (Å²) < 4.78 is 1.78. The summed E-state index contributed by atoms with van der Waals surface area (Å²) in [6, 6.07) is 13.6. The molecule has 0 unspecified atom stereocenters. The second-order valence-electron chi connectivity index (χ2n) is 4.24. The van der Waals surface area contributed by atoms with Crippen molar-refractivity contribution in [3.8, 4) is 0 Å². The van der Waals surface area contributed by atoms with Crippen LogP contribution >= 0.6 is 0 Å². The molecular formula is C15H17NO. The van der Waals surface area contributed by atoms with Crippen molar-refractivity contribution in [3.05, 3.63) is 70.1 Å². The molecule has 0 aliphatic heterocycles. The van der Waals surface area contributed by atoms with Crippen molar-refractivity contribution < 1.29 is 0 Å². The van der Waals surface area contributed by atoms with E-state index in [4.69, 9.17) is 0 Å². The van der Waals surface area contributed by atoms with E-state index >= 15 is 0 Å². The van der Waals surface area contributed by atoms with Gasteiger partial charge in [0.25, 0.3) is 5.56 Å². The number of benzene rings is 1. The second-order valence-corrected chi connectivity index (χ2v) is 4.24. The molecule has 0 saturated carbocycles. The van der Waals surface area contributed by atoms with Gasteiger partial charge in [-0.1, -0.05) is 49.7 Å². The summed E-state index contributed by atoms with van der Waals surface area (Å²) in [5.74, 6) is 0. The van der Waals surface area contributed by atoms with Gasteiger partial charge in [0.15, 0.2) is 0 Å². The van der Waals surface area contributed by atoms with Gasteiger partial charge in [-0.05, 0) is 17.5 Å². The molecule has 0 spiro atoms. The highest BCUT2D eigenvalue weighted by atomic mass is 16.1. The summed E-state index contributed by atoms with van der Waals surface area (Å²) in [4.78, 5) is 11.7. The molecule has 0 aliphatic carbocycles.